The molecule has 0 bridgehead atoms. The summed E-state index contributed by atoms with van der Waals surface area (Å²) in [5.74, 6) is 0. The van der Waals surface area contributed by atoms with Gasteiger partial charge in [-0.05, 0) is 42.8 Å². The minimum Gasteiger partial charge on any atom is -0.368 e. The topological polar surface area (TPSA) is 35.2 Å². The van der Waals surface area contributed by atoms with Crippen LogP contribution in [-0.2, 0) is 0 Å². The van der Waals surface area contributed by atoms with Gasteiger partial charge in [0.25, 0.3) is 0 Å². The van der Waals surface area contributed by atoms with E-state index in [0.717, 1.165) is 36.8 Å². The van der Waals surface area contributed by atoms with Crippen molar-refractivity contribution in [2.75, 3.05) is 36.0 Å². The summed E-state index contributed by atoms with van der Waals surface area (Å²) >= 11 is 5.98. The highest BCUT2D eigenvalue weighted by Gasteiger charge is 2.20. The smallest absolute Gasteiger partial charge is 0.139 e. The number of halogens is 4. The van der Waals surface area contributed by atoms with Gasteiger partial charge in [-0.1, -0.05) is 11.6 Å². The predicted molar refractivity (Wildman–Crippen MR) is 118 cm³/mol. The molecule has 4 rings (SSSR count). The second-order valence-electron chi connectivity index (χ2n) is 5.98. The van der Waals surface area contributed by atoms with Crippen LogP contribution < -0.4 is 9.80 Å². The first-order valence-electron chi connectivity index (χ1n) is 7.90. The summed E-state index contributed by atoms with van der Waals surface area (Å²) in [7, 11) is 0. The first-order valence-corrected chi connectivity index (χ1v) is 8.28. The first-order chi connectivity index (χ1) is 11.2. The second-order valence-corrected chi connectivity index (χ2v) is 6.41. The van der Waals surface area contributed by atoms with E-state index in [1.165, 1.54) is 22.3 Å². The van der Waals surface area contributed by atoms with Crippen LogP contribution in [-0.4, -0.2) is 36.1 Å². The number of hydrogen-bond acceptors (Lipinski definition) is 3. The van der Waals surface area contributed by atoms with E-state index < -0.39 is 0 Å². The van der Waals surface area contributed by atoms with Crippen molar-refractivity contribution < 1.29 is 0 Å². The van der Waals surface area contributed by atoms with Crippen molar-refractivity contribution >= 4 is 71.2 Å². The number of H-pyrrole nitrogens is 1. The van der Waals surface area contributed by atoms with Gasteiger partial charge >= 0.3 is 0 Å². The fourth-order valence-corrected chi connectivity index (χ4v) is 3.43. The lowest BCUT2D eigenvalue weighted by molar-refractivity contribution is 0.655. The van der Waals surface area contributed by atoms with Gasteiger partial charge in [-0.3, -0.25) is 0 Å². The third-order valence-corrected chi connectivity index (χ3v) is 4.83. The van der Waals surface area contributed by atoms with Crippen molar-refractivity contribution in [2.45, 2.75) is 6.92 Å². The Morgan fingerprint density at radius 2 is 1.54 bits per heavy atom. The molecule has 0 spiro atoms. The lowest BCUT2D eigenvalue weighted by Crippen LogP contribution is -2.46. The Hall–Kier alpha value is -1.33. The van der Waals surface area contributed by atoms with Crippen molar-refractivity contribution in [3.05, 3.63) is 53.3 Å². The highest BCUT2D eigenvalue weighted by molar-refractivity contribution is 6.30. The average Bonchev–Trinajstić information content (AvgIpc) is 3.01. The van der Waals surface area contributed by atoms with Gasteiger partial charge in [-0.15, -0.1) is 37.2 Å². The van der Waals surface area contributed by atoms with E-state index in [2.05, 4.69) is 51.1 Å². The molecule has 1 aromatic carbocycles. The molecule has 1 aliphatic rings. The average molecular weight is 436 g/mol. The van der Waals surface area contributed by atoms with Gasteiger partial charge in [-0.25, -0.2) is 4.98 Å². The van der Waals surface area contributed by atoms with Crippen LogP contribution in [0.5, 0.6) is 0 Å². The first kappa shape index (κ1) is 22.7. The van der Waals surface area contributed by atoms with Crippen molar-refractivity contribution in [1.82, 2.24) is 9.97 Å². The summed E-state index contributed by atoms with van der Waals surface area (Å²) in [5.41, 5.74) is 4.75. The zero-order valence-corrected chi connectivity index (χ0v) is 17.5. The number of fused-ring (bicyclic) bond motifs is 1. The number of benzene rings is 1. The molecule has 3 heterocycles. The van der Waals surface area contributed by atoms with Crippen LogP contribution >= 0.6 is 48.8 Å². The number of piperazine rings is 1. The Kier molecular flexibility index (Phi) is 8.35. The number of aryl methyl sites for hydroxylation is 1. The molecule has 1 aliphatic heterocycles. The van der Waals surface area contributed by atoms with E-state index in [4.69, 9.17) is 11.6 Å². The molecule has 142 valence electrons. The summed E-state index contributed by atoms with van der Waals surface area (Å²) in [6.45, 7) is 6.17. The van der Waals surface area contributed by atoms with Crippen LogP contribution in [0.2, 0.25) is 5.02 Å². The summed E-state index contributed by atoms with van der Waals surface area (Å²) < 4.78 is 0. The zero-order chi connectivity index (χ0) is 15.8. The molecule has 1 saturated heterocycles. The molecule has 0 amide bonds. The van der Waals surface area contributed by atoms with Gasteiger partial charge in [0.1, 0.15) is 5.65 Å². The van der Waals surface area contributed by atoms with Crippen LogP contribution in [0.1, 0.15) is 5.56 Å². The Morgan fingerprint density at radius 3 is 2.19 bits per heavy atom. The number of rotatable bonds is 2. The van der Waals surface area contributed by atoms with E-state index in [1.807, 2.05) is 18.3 Å². The normalized spacial score (nSPS) is 13.6. The molecule has 0 radical (unpaired) electrons. The Balaban J connectivity index is 0.00000113. The third kappa shape index (κ3) is 4.32. The van der Waals surface area contributed by atoms with Gasteiger partial charge in [0.05, 0.1) is 5.69 Å². The number of hydrogen-bond donors (Lipinski definition) is 1. The van der Waals surface area contributed by atoms with Crippen LogP contribution in [0.15, 0.2) is 42.7 Å². The largest absolute Gasteiger partial charge is 0.368 e. The van der Waals surface area contributed by atoms with Crippen molar-refractivity contribution in [2.24, 2.45) is 0 Å². The predicted octanol–water partition coefficient (Wildman–Crippen LogP) is 5.12. The van der Waals surface area contributed by atoms with E-state index in [0.29, 0.717) is 0 Å². The number of nitrogens with one attached hydrogen (secondary N) is 1. The van der Waals surface area contributed by atoms with Crippen LogP contribution in [0.3, 0.4) is 0 Å². The lowest BCUT2D eigenvalue weighted by Gasteiger charge is -2.37. The standard InChI is InChI=1S/C18H19ClN4.3ClH/c1-13-6-7-20-18-17(13)16(12-21-18)23-10-8-22(9-11-23)15-4-2-14(19)3-5-15;;;/h2-7,12H,8-11H2,1H3,(H,20,21);3*1H. The maximum atomic E-state index is 5.98. The minimum absolute atomic E-state index is 0. The quantitative estimate of drug-likeness (QED) is 0.606. The minimum atomic E-state index is 0. The zero-order valence-electron chi connectivity index (χ0n) is 14.3. The van der Waals surface area contributed by atoms with Gasteiger partial charge < -0.3 is 14.8 Å². The second kappa shape index (κ2) is 9.56. The molecule has 26 heavy (non-hydrogen) atoms. The SMILES string of the molecule is Cc1ccnc2[nH]cc(N3CCN(c4ccc(Cl)cc4)CC3)c12.Cl.Cl.Cl. The molecular weight excluding hydrogens is 414 g/mol. The molecule has 3 aromatic rings. The number of pyridine rings is 1. The van der Waals surface area contributed by atoms with Gasteiger partial charge in [-0.2, -0.15) is 0 Å². The van der Waals surface area contributed by atoms with E-state index in [9.17, 15) is 0 Å². The fraction of sp³-hybridized carbons (Fsp3) is 0.278. The van der Waals surface area contributed by atoms with Gasteiger partial charge in [0, 0.05) is 54.7 Å². The van der Waals surface area contributed by atoms with Crippen molar-refractivity contribution in [1.29, 1.82) is 0 Å². The molecule has 4 nitrogen and oxygen atoms in total. The number of aromatic nitrogens is 2. The monoisotopic (exact) mass is 434 g/mol. The fourth-order valence-electron chi connectivity index (χ4n) is 3.31. The molecule has 0 unspecified atom stereocenters. The Bertz CT molecular complexity index is 827. The molecule has 2 aromatic heterocycles. The van der Waals surface area contributed by atoms with Crippen molar-refractivity contribution in [3.8, 4) is 0 Å². The maximum absolute atomic E-state index is 5.98. The number of anilines is 2. The molecule has 0 aliphatic carbocycles. The number of aromatic amines is 1. The maximum Gasteiger partial charge on any atom is 0.139 e. The van der Waals surface area contributed by atoms with Crippen LogP contribution in [0.25, 0.3) is 11.0 Å². The van der Waals surface area contributed by atoms with E-state index in [1.54, 1.807) is 0 Å². The molecule has 1 fully saturated rings. The number of nitrogens with zero attached hydrogens (tertiary/aromatic N) is 3. The van der Waals surface area contributed by atoms with Gasteiger partial charge in [0.15, 0.2) is 0 Å². The Labute approximate surface area is 177 Å². The molecule has 1 N–H and O–H groups in total. The Morgan fingerprint density at radius 1 is 0.923 bits per heavy atom. The van der Waals surface area contributed by atoms with E-state index >= 15 is 0 Å². The molecule has 0 saturated carbocycles. The van der Waals surface area contributed by atoms with E-state index in [-0.39, 0.29) is 37.2 Å². The van der Waals surface area contributed by atoms with Crippen LogP contribution in [0, 0.1) is 6.92 Å². The summed E-state index contributed by atoms with van der Waals surface area (Å²) in [6, 6.07) is 10.2. The highest BCUT2D eigenvalue weighted by Crippen LogP contribution is 2.30. The molecule has 0 atom stereocenters. The summed E-state index contributed by atoms with van der Waals surface area (Å²) in [5, 5.41) is 2.03. The summed E-state index contributed by atoms with van der Waals surface area (Å²) in [4.78, 5) is 12.6. The molecule has 8 heteroatoms. The highest BCUT2D eigenvalue weighted by atomic mass is 35.5. The van der Waals surface area contributed by atoms with Gasteiger partial charge in [0.2, 0.25) is 0 Å². The molecular formula is C18H22Cl4N4. The third-order valence-electron chi connectivity index (χ3n) is 4.57. The lowest BCUT2D eigenvalue weighted by atomic mass is 10.1. The summed E-state index contributed by atoms with van der Waals surface area (Å²) in [6.07, 6.45) is 3.94. The van der Waals surface area contributed by atoms with Crippen molar-refractivity contribution in [3.63, 3.8) is 0 Å². The van der Waals surface area contributed by atoms with Crippen LogP contribution in [0.4, 0.5) is 11.4 Å².